The molecule has 1 aliphatic heterocycles. The Kier molecular flexibility index (Phi) is 2.27. The maximum absolute atomic E-state index is 10.8. The first-order valence-corrected chi connectivity index (χ1v) is 6.47. The van der Waals surface area contributed by atoms with E-state index in [2.05, 4.69) is 19.9 Å². The number of benzene rings is 1. The molecule has 0 bridgehead atoms. The predicted molar refractivity (Wildman–Crippen MR) is 67.2 cm³/mol. The highest BCUT2D eigenvalue weighted by Gasteiger charge is 2.43. The lowest BCUT2D eigenvalue weighted by Crippen LogP contribution is -2.23. The molecular weight excluding hydrogens is 212 g/mol. The third kappa shape index (κ3) is 1.85. The molecule has 0 radical (unpaired) electrons. The van der Waals surface area contributed by atoms with E-state index >= 15 is 0 Å². The zero-order valence-corrected chi connectivity index (χ0v) is 10.6. The Balaban J connectivity index is 1.94. The van der Waals surface area contributed by atoms with Crippen LogP contribution in [0.1, 0.15) is 44.2 Å². The Morgan fingerprint density at radius 1 is 1.24 bits per heavy atom. The topological polar surface area (TPSA) is 29.5 Å². The molecule has 1 atom stereocenters. The van der Waals surface area contributed by atoms with E-state index in [1.165, 1.54) is 5.56 Å². The molecule has 92 valence electrons. The summed E-state index contributed by atoms with van der Waals surface area (Å²) in [6.07, 6.45) is 3.80. The lowest BCUT2D eigenvalue weighted by Gasteiger charge is -2.26. The van der Waals surface area contributed by atoms with Crippen LogP contribution in [-0.4, -0.2) is 11.7 Å². The number of ether oxygens (including phenoxy) is 1. The molecule has 1 unspecified atom stereocenters. The highest BCUT2D eigenvalue weighted by molar-refractivity contribution is 5.42. The summed E-state index contributed by atoms with van der Waals surface area (Å²) in [5, 5.41) is 10.8. The second-order valence-corrected chi connectivity index (χ2v) is 6.29. The fraction of sp³-hybridized carbons (Fsp3) is 0.600. The lowest BCUT2D eigenvalue weighted by atomic mass is 9.85. The fourth-order valence-electron chi connectivity index (χ4n) is 3.24. The zero-order valence-electron chi connectivity index (χ0n) is 10.6. The van der Waals surface area contributed by atoms with Crippen molar-refractivity contribution in [3.63, 3.8) is 0 Å². The number of fused-ring (bicyclic) bond motifs is 1. The van der Waals surface area contributed by atoms with E-state index in [1.807, 2.05) is 12.1 Å². The van der Waals surface area contributed by atoms with Gasteiger partial charge in [0.25, 0.3) is 0 Å². The van der Waals surface area contributed by atoms with Gasteiger partial charge in [-0.05, 0) is 47.9 Å². The number of rotatable bonds is 1. The van der Waals surface area contributed by atoms with Gasteiger partial charge in [0.05, 0.1) is 12.2 Å². The Morgan fingerprint density at radius 3 is 2.76 bits per heavy atom. The highest BCUT2D eigenvalue weighted by Crippen LogP contribution is 2.49. The fourth-order valence-corrected chi connectivity index (χ4v) is 3.24. The summed E-state index contributed by atoms with van der Waals surface area (Å²) in [6.45, 7) is 5.26. The summed E-state index contributed by atoms with van der Waals surface area (Å²) >= 11 is 0. The van der Waals surface area contributed by atoms with Gasteiger partial charge in [0.2, 0.25) is 0 Å². The average molecular weight is 232 g/mol. The van der Waals surface area contributed by atoms with Crippen molar-refractivity contribution in [2.45, 2.75) is 45.1 Å². The van der Waals surface area contributed by atoms with Gasteiger partial charge >= 0.3 is 0 Å². The van der Waals surface area contributed by atoms with E-state index in [0.29, 0.717) is 0 Å². The number of hydrogen-bond acceptors (Lipinski definition) is 2. The third-order valence-electron chi connectivity index (χ3n) is 4.21. The zero-order chi connectivity index (χ0) is 12.1. The van der Waals surface area contributed by atoms with E-state index in [4.69, 9.17) is 4.74 Å². The smallest absolute Gasteiger partial charge is 0.122 e. The molecule has 1 fully saturated rings. The van der Waals surface area contributed by atoms with Crippen LogP contribution < -0.4 is 4.74 Å². The largest absolute Gasteiger partial charge is 0.493 e. The van der Waals surface area contributed by atoms with Crippen molar-refractivity contribution < 1.29 is 9.84 Å². The standard InChI is InChI=1S/C15H20O2/c1-14(2)6-7-15(16,10-14)12-3-4-13-11(9-12)5-8-17-13/h3-4,9,16H,5-8,10H2,1-2H3. The number of hydrogen-bond donors (Lipinski definition) is 1. The second kappa shape index (κ2) is 3.49. The SMILES string of the molecule is CC1(C)CCC(O)(c2ccc3c(c2)CCO3)C1. The molecule has 17 heavy (non-hydrogen) atoms. The molecule has 2 aliphatic rings. The minimum atomic E-state index is -0.624. The Labute approximate surface area is 103 Å². The molecule has 2 nitrogen and oxygen atoms in total. The third-order valence-corrected chi connectivity index (χ3v) is 4.21. The first-order valence-electron chi connectivity index (χ1n) is 6.47. The summed E-state index contributed by atoms with van der Waals surface area (Å²) in [6, 6.07) is 6.19. The van der Waals surface area contributed by atoms with Gasteiger partial charge < -0.3 is 9.84 Å². The van der Waals surface area contributed by atoms with E-state index in [0.717, 1.165) is 43.6 Å². The van der Waals surface area contributed by atoms with Crippen molar-refractivity contribution in [2.75, 3.05) is 6.61 Å². The predicted octanol–water partition coefficient (Wildman–Crippen LogP) is 3.02. The Hall–Kier alpha value is -1.02. The average Bonchev–Trinajstić information content (AvgIpc) is 2.82. The molecular formula is C15H20O2. The van der Waals surface area contributed by atoms with Crippen LogP contribution >= 0.6 is 0 Å². The van der Waals surface area contributed by atoms with E-state index in [1.54, 1.807) is 0 Å². The second-order valence-electron chi connectivity index (χ2n) is 6.29. The van der Waals surface area contributed by atoms with Crippen molar-refractivity contribution >= 4 is 0 Å². The summed E-state index contributed by atoms with van der Waals surface area (Å²) in [4.78, 5) is 0. The molecule has 3 rings (SSSR count). The van der Waals surface area contributed by atoms with Crippen LogP contribution in [0, 0.1) is 5.41 Å². The quantitative estimate of drug-likeness (QED) is 0.806. The van der Waals surface area contributed by atoms with E-state index in [9.17, 15) is 5.11 Å². The molecule has 2 heteroatoms. The molecule has 1 aromatic carbocycles. The van der Waals surface area contributed by atoms with E-state index < -0.39 is 5.60 Å². The lowest BCUT2D eigenvalue weighted by molar-refractivity contribution is 0.0338. The van der Waals surface area contributed by atoms with Crippen molar-refractivity contribution in [3.05, 3.63) is 29.3 Å². The van der Waals surface area contributed by atoms with Gasteiger partial charge in [0, 0.05) is 6.42 Å². The first kappa shape index (κ1) is 11.1. The van der Waals surface area contributed by atoms with Crippen molar-refractivity contribution in [1.82, 2.24) is 0 Å². The van der Waals surface area contributed by atoms with Gasteiger partial charge in [-0.25, -0.2) is 0 Å². The Bertz CT molecular complexity index is 450. The minimum absolute atomic E-state index is 0.254. The van der Waals surface area contributed by atoms with Crippen molar-refractivity contribution in [1.29, 1.82) is 0 Å². The summed E-state index contributed by atoms with van der Waals surface area (Å²) in [7, 11) is 0. The van der Waals surface area contributed by atoms with Crippen LogP contribution in [0.3, 0.4) is 0 Å². The van der Waals surface area contributed by atoms with Gasteiger partial charge in [0.1, 0.15) is 5.75 Å². The molecule has 1 saturated carbocycles. The molecule has 1 aliphatic carbocycles. The van der Waals surface area contributed by atoms with Crippen LogP contribution in [0.4, 0.5) is 0 Å². The van der Waals surface area contributed by atoms with Crippen LogP contribution in [0.2, 0.25) is 0 Å². The van der Waals surface area contributed by atoms with Gasteiger partial charge in [-0.2, -0.15) is 0 Å². The Morgan fingerprint density at radius 2 is 2.06 bits per heavy atom. The molecule has 0 aromatic heterocycles. The van der Waals surface area contributed by atoms with Gasteiger partial charge in [-0.3, -0.25) is 0 Å². The molecule has 0 saturated heterocycles. The maximum atomic E-state index is 10.8. The van der Waals surface area contributed by atoms with Crippen LogP contribution in [0.15, 0.2) is 18.2 Å². The normalized spacial score (nSPS) is 30.1. The summed E-state index contributed by atoms with van der Waals surface area (Å²) in [5.74, 6) is 0.995. The monoisotopic (exact) mass is 232 g/mol. The van der Waals surface area contributed by atoms with Crippen molar-refractivity contribution in [2.24, 2.45) is 5.41 Å². The highest BCUT2D eigenvalue weighted by atomic mass is 16.5. The van der Waals surface area contributed by atoms with Gasteiger partial charge in [0.15, 0.2) is 0 Å². The molecule has 1 heterocycles. The summed E-state index contributed by atoms with van der Waals surface area (Å²) in [5.41, 5.74) is 1.96. The van der Waals surface area contributed by atoms with Crippen molar-refractivity contribution in [3.8, 4) is 5.75 Å². The molecule has 0 amide bonds. The molecule has 0 spiro atoms. The maximum Gasteiger partial charge on any atom is 0.122 e. The minimum Gasteiger partial charge on any atom is -0.493 e. The number of aliphatic hydroxyl groups is 1. The van der Waals surface area contributed by atoms with Crippen LogP contribution in [-0.2, 0) is 12.0 Å². The summed E-state index contributed by atoms with van der Waals surface area (Å²) < 4.78 is 5.51. The van der Waals surface area contributed by atoms with E-state index in [-0.39, 0.29) is 5.41 Å². The van der Waals surface area contributed by atoms with Crippen LogP contribution in [0.25, 0.3) is 0 Å². The van der Waals surface area contributed by atoms with Gasteiger partial charge in [-0.1, -0.05) is 19.9 Å². The molecule has 1 N–H and O–H groups in total. The van der Waals surface area contributed by atoms with Crippen LogP contribution in [0.5, 0.6) is 5.75 Å². The molecule has 1 aromatic rings. The first-order chi connectivity index (χ1) is 7.99. The van der Waals surface area contributed by atoms with Gasteiger partial charge in [-0.15, -0.1) is 0 Å².